The van der Waals surface area contributed by atoms with Crippen LogP contribution in [0.25, 0.3) is 0 Å². The lowest BCUT2D eigenvalue weighted by atomic mass is 10.0. The first-order valence-corrected chi connectivity index (χ1v) is 9.58. The van der Waals surface area contributed by atoms with Crippen LogP contribution in [0.1, 0.15) is 17.5 Å². The Morgan fingerprint density at radius 1 is 1.19 bits per heavy atom. The number of carbonyl (C=O) groups excluding carboxylic acids is 1. The van der Waals surface area contributed by atoms with Gasteiger partial charge in [0.25, 0.3) is 0 Å². The van der Waals surface area contributed by atoms with Gasteiger partial charge in [-0.3, -0.25) is 0 Å². The predicted molar refractivity (Wildman–Crippen MR) is 108 cm³/mol. The standard InChI is InChI=1S/C21H26N4O2/c22-10-9-18-14-25(11-12-27-18)21(26)23-17-8-7-16-6-5-15-3-1-2-4-19(15)24-20(16)13-17/h1-4,7-8,13,18,24H,5-6,9-12,14,22H2,(H,23,26). The van der Waals surface area contributed by atoms with E-state index in [0.29, 0.717) is 26.2 Å². The summed E-state index contributed by atoms with van der Waals surface area (Å²) in [5.74, 6) is 0. The molecular weight excluding hydrogens is 340 g/mol. The largest absolute Gasteiger partial charge is 0.374 e. The molecule has 2 heterocycles. The molecule has 142 valence electrons. The molecule has 1 atom stereocenters. The van der Waals surface area contributed by atoms with E-state index in [-0.39, 0.29) is 12.1 Å². The average Bonchev–Trinajstić information content (AvgIpc) is 2.87. The number of nitrogens with zero attached hydrogens (tertiary/aromatic N) is 1. The number of amides is 2. The molecule has 1 unspecified atom stereocenters. The molecule has 2 amide bonds. The van der Waals surface area contributed by atoms with Crippen molar-refractivity contribution in [2.75, 3.05) is 36.9 Å². The maximum Gasteiger partial charge on any atom is 0.322 e. The number of urea groups is 1. The van der Waals surface area contributed by atoms with Crippen LogP contribution in [0.5, 0.6) is 0 Å². The number of nitrogens with one attached hydrogen (secondary N) is 2. The number of hydrogen-bond donors (Lipinski definition) is 3. The van der Waals surface area contributed by atoms with E-state index < -0.39 is 0 Å². The summed E-state index contributed by atoms with van der Waals surface area (Å²) in [4.78, 5) is 14.5. The smallest absolute Gasteiger partial charge is 0.322 e. The quantitative estimate of drug-likeness (QED) is 0.780. The summed E-state index contributed by atoms with van der Waals surface area (Å²) in [6, 6.07) is 14.4. The Hall–Kier alpha value is -2.57. The molecule has 4 rings (SSSR count). The lowest BCUT2D eigenvalue weighted by Gasteiger charge is -2.32. The number of rotatable bonds is 3. The molecule has 0 spiro atoms. The Bertz CT molecular complexity index is 822. The van der Waals surface area contributed by atoms with E-state index in [2.05, 4.69) is 34.9 Å². The van der Waals surface area contributed by atoms with Crippen molar-refractivity contribution in [2.45, 2.75) is 25.4 Å². The first-order chi connectivity index (χ1) is 13.2. The molecule has 2 aliphatic rings. The van der Waals surface area contributed by atoms with Crippen LogP contribution in [0.3, 0.4) is 0 Å². The fourth-order valence-electron chi connectivity index (χ4n) is 3.73. The Morgan fingerprint density at radius 3 is 2.85 bits per heavy atom. The Labute approximate surface area is 159 Å². The zero-order chi connectivity index (χ0) is 18.6. The maximum absolute atomic E-state index is 12.7. The molecule has 2 aliphatic heterocycles. The molecule has 27 heavy (non-hydrogen) atoms. The van der Waals surface area contributed by atoms with Crippen molar-refractivity contribution >= 4 is 23.1 Å². The van der Waals surface area contributed by atoms with Gasteiger partial charge in [-0.1, -0.05) is 24.3 Å². The van der Waals surface area contributed by atoms with Gasteiger partial charge in [-0.05, 0) is 55.1 Å². The maximum atomic E-state index is 12.7. The molecule has 4 N–H and O–H groups in total. The summed E-state index contributed by atoms with van der Waals surface area (Å²) >= 11 is 0. The zero-order valence-electron chi connectivity index (χ0n) is 15.4. The number of hydrogen-bond acceptors (Lipinski definition) is 4. The van der Waals surface area contributed by atoms with Gasteiger partial charge in [-0.15, -0.1) is 0 Å². The molecule has 6 nitrogen and oxygen atoms in total. The third-order valence-corrected chi connectivity index (χ3v) is 5.23. The molecule has 0 radical (unpaired) electrons. The van der Waals surface area contributed by atoms with Crippen LogP contribution in [0.2, 0.25) is 0 Å². The summed E-state index contributed by atoms with van der Waals surface area (Å²) in [5, 5.41) is 6.55. The van der Waals surface area contributed by atoms with E-state index in [1.807, 2.05) is 18.2 Å². The van der Waals surface area contributed by atoms with Crippen LogP contribution in [-0.4, -0.2) is 43.3 Å². The highest BCUT2D eigenvalue weighted by Crippen LogP contribution is 2.31. The molecule has 0 aliphatic carbocycles. The lowest BCUT2D eigenvalue weighted by Crippen LogP contribution is -2.47. The second kappa shape index (κ2) is 7.98. The van der Waals surface area contributed by atoms with Gasteiger partial charge in [0.2, 0.25) is 0 Å². The van der Waals surface area contributed by atoms with Gasteiger partial charge in [0.05, 0.1) is 12.7 Å². The Kier molecular flexibility index (Phi) is 5.27. The van der Waals surface area contributed by atoms with Crippen molar-refractivity contribution in [3.63, 3.8) is 0 Å². The SMILES string of the molecule is NCCC1CN(C(=O)Nc2ccc3c(c2)Nc2ccccc2CC3)CCO1. The van der Waals surface area contributed by atoms with Crippen molar-refractivity contribution in [3.8, 4) is 0 Å². The summed E-state index contributed by atoms with van der Waals surface area (Å²) in [6.07, 6.45) is 2.79. The van der Waals surface area contributed by atoms with Gasteiger partial charge in [0, 0.05) is 30.2 Å². The minimum absolute atomic E-state index is 0.0275. The predicted octanol–water partition coefficient (Wildman–Crippen LogP) is 3.11. The summed E-state index contributed by atoms with van der Waals surface area (Å²) < 4.78 is 5.66. The number of ether oxygens (including phenoxy) is 1. The molecule has 0 saturated carbocycles. The Morgan fingerprint density at radius 2 is 2.00 bits per heavy atom. The number of nitrogens with two attached hydrogens (primary N) is 1. The minimum atomic E-state index is -0.0886. The normalized spacial score (nSPS) is 18.7. The summed E-state index contributed by atoms with van der Waals surface area (Å²) in [7, 11) is 0. The second-order valence-corrected chi connectivity index (χ2v) is 7.10. The lowest BCUT2D eigenvalue weighted by molar-refractivity contribution is -0.0146. The van der Waals surface area contributed by atoms with Crippen molar-refractivity contribution in [1.29, 1.82) is 0 Å². The number of anilines is 3. The molecule has 1 saturated heterocycles. The molecular formula is C21H26N4O2. The van der Waals surface area contributed by atoms with Gasteiger partial charge in [0.15, 0.2) is 0 Å². The van der Waals surface area contributed by atoms with Gasteiger partial charge >= 0.3 is 6.03 Å². The van der Waals surface area contributed by atoms with E-state index in [4.69, 9.17) is 10.5 Å². The first-order valence-electron chi connectivity index (χ1n) is 9.58. The number of para-hydroxylation sites is 1. The Balaban J connectivity index is 1.46. The van der Waals surface area contributed by atoms with Crippen LogP contribution in [0.4, 0.5) is 21.9 Å². The number of aryl methyl sites for hydroxylation is 2. The monoisotopic (exact) mass is 366 g/mol. The average molecular weight is 366 g/mol. The van der Waals surface area contributed by atoms with Gasteiger partial charge in [0.1, 0.15) is 0 Å². The third-order valence-electron chi connectivity index (χ3n) is 5.23. The highest BCUT2D eigenvalue weighted by molar-refractivity contribution is 5.90. The molecule has 0 aromatic heterocycles. The van der Waals surface area contributed by atoms with Crippen molar-refractivity contribution in [3.05, 3.63) is 53.6 Å². The number of carbonyl (C=O) groups is 1. The van der Waals surface area contributed by atoms with Gasteiger partial charge in [-0.25, -0.2) is 4.79 Å². The van der Waals surface area contributed by atoms with E-state index in [1.54, 1.807) is 4.90 Å². The van der Waals surface area contributed by atoms with Gasteiger partial charge < -0.3 is 26.0 Å². The molecule has 1 fully saturated rings. The summed E-state index contributed by atoms with van der Waals surface area (Å²) in [5.41, 5.74) is 11.2. The zero-order valence-corrected chi connectivity index (χ0v) is 15.4. The highest BCUT2D eigenvalue weighted by atomic mass is 16.5. The van der Waals surface area contributed by atoms with Gasteiger partial charge in [-0.2, -0.15) is 0 Å². The second-order valence-electron chi connectivity index (χ2n) is 7.10. The molecule has 6 heteroatoms. The molecule has 0 bridgehead atoms. The fraction of sp³-hybridized carbons (Fsp3) is 0.381. The summed E-state index contributed by atoms with van der Waals surface area (Å²) in [6.45, 7) is 2.31. The topological polar surface area (TPSA) is 79.6 Å². The van der Waals surface area contributed by atoms with E-state index in [9.17, 15) is 4.79 Å². The molecule has 2 aromatic carbocycles. The number of fused-ring (bicyclic) bond motifs is 2. The first kappa shape index (κ1) is 17.8. The van der Waals surface area contributed by atoms with Crippen LogP contribution < -0.4 is 16.4 Å². The van der Waals surface area contributed by atoms with Crippen LogP contribution >= 0.6 is 0 Å². The van der Waals surface area contributed by atoms with E-state index in [1.165, 1.54) is 11.1 Å². The van der Waals surface area contributed by atoms with E-state index >= 15 is 0 Å². The number of morpholine rings is 1. The van der Waals surface area contributed by atoms with Crippen LogP contribution in [-0.2, 0) is 17.6 Å². The fourth-order valence-corrected chi connectivity index (χ4v) is 3.73. The van der Waals surface area contributed by atoms with Crippen molar-refractivity contribution < 1.29 is 9.53 Å². The van der Waals surface area contributed by atoms with Crippen LogP contribution in [0, 0.1) is 0 Å². The third kappa shape index (κ3) is 4.07. The minimum Gasteiger partial charge on any atom is -0.374 e. The highest BCUT2D eigenvalue weighted by Gasteiger charge is 2.24. The molecule has 2 aromatic rings. The van der Waals surface area contributed by atoms with Crippen LogP contribution in [0.15, 0.2) is 42.5 Å². The number of benzene rings is 2. The van der Waals surface area contributed by atoms with E-state index in [0.717, 1.165) is 36.3 Å². The van der Waals surface area contributed by atoms with Crippen molar-refractivity contribution in [1.82, 2.24) is 4.90 Å². The van der Waals surface area contributed by atoms with Crippen molar-refractivity contribution in [2.24, 2.45) is 5.73 Å².